The van der Waals surface area contributed by atoms with E-state index < -0.39 is 17.3 Å². The first-order valence-electron chi connectivity index (χ1n) is 11.0. The lowest BCUT2D eigenvalue weighted by Gasteiger charge is -2.47. The number of benzene rings is 1. The van der Waals surface area contributed by atoms with E-state index in [0.717, 1.165) is 31.2 Å². The minimum absolute atomic E-state index is 0.0399. The Morgan fingerprint density at radius 2 is 1.69 bits per heavy atom. The van der Waals surface area contributed by atoms with Crippen LogP contribution in [-0.2, 0) is 0 Å². The van der Waals surface area contributed by atoms with Crippen molar-refractivity contribution in [2.24, 2.45) is 11.3 Å². The van der Waals surface area contributed by atoms with E-state index in [4.69, 9.17) is 4.74 Å². The molecule has 0 spiro atoms. The van der Waals surface area contributed by atoms with Crippen molar-refractivity contribution in [3.05, 3.63) is 29.8 Å². The van der Waals surface area contributed by atoms with Gasteiger partial charge in [0.05, 0.1) is 11.7 Å². The Balaban J connectivity index is 1.56. The standard InChI is InChI=1S/C24H39NO4/c1-18-5-7-20(8-6-18)29-17-24(28)16-25(14-11-21(24)26)15-23(27)12-9-19(10-13-23)22(2,3)4/h5-8,19,21,26-28H,9-17H2,1-4H3/t19?,21-,23?,24-/m0/s1. The SMILES string of the molecule is Cc1ccc(OC[C@@]2(O)CN(CC3(O)CCC(C(C)(C)C)CC3)CC[C@@H]2O)cc1. The third-order valence-electron chi connectivity index (χ3n) is 7.01. The highest BCUT2D eigenvalue weighted by Crippen LogP contribution is 2.42. The fraction of sp³-hybridized carbons (Fsp3) is 0.750. The van der Waals surface area contributed by atoms with Crippen LogP contribution in [0, 0.1) is 18.3 Å². The predicted octanol–water partition coefficient (Wildman–Crippen LogP) is 3.14. The van der Waals surface area contributed by atoms with Crippen LogP contribution in [0.25, 0.3) is 0 Å². The summed E-state index contributed by atoms with van der Waals surface area (Å²) in [6.45, 7) is 10.4. The van der Waals surface area contributed by atoms with E-state index in [1.54, 1.807) is 0 Å². The van der Waals surface area contributed by atoms with Crippen molar-refractivity contribution in [2.75, 3.05) is 26.2 Å². The predicted molar refractivity (Wildman–Crippen MR) is 115 cm³/mol. The number of piperidine rings is 1. The molecule has 1 aromatic carbocycles. The molecule has 3 N–H and O–H groups in total. The fourth-order valence-corrected chi connectivity index (χ4v) is 4.86. The lowest BCUT2D eigenvalue weighted by Crippen LogP contribution is -2.62. The van der Waals surface area contributed by atoms with E-state index in [0.29, 0.717) is 37.7 Å². The molecule has 1 saturated heterocycles. The monoisotopic (exact) mass is 405 g/mol. The molecule has 2 fully saturated rings. The maximum Gasteiger partial charge on any atom is 0.137 e. The van der Waals surface area contributed by atoms with Gasteiger partial charge in [0.1, 0.15) is 18.0 Å². The maximum atomic E-state index is 11.2. The summed E-state index contributed by atoms with van der Waals surface area (Å²) in [5.74, 6) is 1.33. The zero-order valence-electron chi connectivity index (χ0n) is 18.5. The van der Waals surface area contributed by atoms with E-state index in [-0.39, 0.29) is 12.0 Å². The number of β-amino-alcohol motifs (C(OH)–C–C–N with tert-alkyl or cyclic N) is 2. The van der Waals surface area contributed by atoms with Crippen LogP contribution < -0.4 is 4.74 Å². The summed E-state index contributed by atoms with van der Waals surface area (Å²) in [7, 11) is 0. The van der Waals surface area contributed by atoms with Crippen molar-refractivity contribution >= 4 is 0 Å². The molecular weight excluding hydrogens is 366 g/mol. The molecule has 1 saturated carbocycles. The highest BCUT2D eigenvalue weighted by molar-refractivity contribution is 5.26. The van der Waals surface area contributed by atoms with Gasteiger partial charge in [0.15, 0.2) is 0 Å². The van der Waals surface area contributed by atoms with Gasteiger partial charge in [-0.05, 0) is 62.5 Å². The van der Waals surface area contributed by atoms with Crippen LogP contribution in [0.4, 0.5) is 0 Å². The Labute approximate surface area is 175 Å². The zero-order chi connectivity index (χ0) is 21.3. The Morgan fingerprint density at radius 1 is 1.07 bits per heavy atom. The molecule has 29 heavy (non-hydrogen) atoms. The Hall–Kier alpha value is -1.14. The van der Waals surface area contributed by atoms with Gasteiger partial charge in [0, 0.05) is 19.6 Å². The third kappa shape index (κ3) is 5.72. The van der Waals surface area contributed by atoms with Crippen LogP contribution in [0.15, 0.2) is 24.3 Å². The number of ether oxygens (including phenoxy) is 1. The van der Waals surface area contributed by atoms with Crippen molar-refractivity contribution < 1.29 is 20.1 Å². The molecule has 5 heteroatoms. The summed E-state index contributed by atoms with van der Waals surface area (Å²) in [6.07, 6.45) is 3.33. The number of aliphatic hydroxyl groups is 3. The van der Waals surface area contributed by atoms with E-state index in [1.165, 1.54) is 0 Å². The molecule has 0 unspecified atom stereocenters. The summed E-state index contributed by atoms with van der Waals surface area (Å²) in [5.41, 5.74) is -0.607. The molecule has 0 radical (unpaired) electrons. The van der Waals surface area contributed by atoms with E-state index in [9.17, 15) is 15.3 Å². The fourth-order valence-electron chi connectivity index (χ4n) is 4.86. The van der Waals surface area contributed by atoms with E-state index >= 15 is 0 Å². The number of aryl methyl sites for hydroxylation is 1. The number of nitrogens with zero attached hydrogens (tertiary/aromatic N) is 1. The van der Waals surface area contributed by atoms with Crippen LogP contribution in [-0.4, -0.2) is 63.8 Å². The van der Waals surface area contributed by atoms with Gasteiger partial charge in [-0.15, -0.1) is 0 Å². The first-order chi connectivity index (χ1) is 13.5. The number of aliphatic hydroxyl groups excluding tert-OH is 1. The average Bonchev–Trinajstić information content (AvgIpc) is 2.64. The van der Waals surface area contributed by atoms with Crippen molar-refractivity contribution in [3.63, 3.8) is 0 Å². The topological polar surface area (TPSA) is 73.2 Å². The largest absolute Gasteiger partial charge is 0.490 e. The van der Waals surface area contributed by atoms with Crippen LogP contribution in [0.5, 0.6) is 5.75 Å². The van der Waals surface area contributed by atoms with Crippen LogP contribution in [0.1, 0.15) is 58.4 Å². The van der Waals surface area contributed by atoms with E-state index in [1.807, 2.05) is 31.2 Å². The zero-order valence-corrected chi connectivity index (χ0v) is 18.5. The maximum absolute atomic E-state index is 11.2. The van der Waals surface area contributed by atoms with Crippen LogP contribution in [0.3, 0.4) is 0 Å². The smallest absolute Gasteiger partial charge is 0.137 e. The second-order valence-electron chi connectivity index (χ2n) is 10.6. The van der Waals surface area contributed by atoms with Crippen molar-refractivity contribution in [3.8, 4) is 5.75 Å². The molecule has 1 aliphatic carbocycles. The summed E-state index contributed by atoms with van der Waals surface area (Å²) >= 11 is 0. The number of hydrogen-bond donors (Lipinski definition) is 3. The average molecular weight is 406 g/mol. The Kier molecular flexibility index (Phi) is 6.64. The van der Waals surface area contributed by atoms with Crippen LogP contribution in [0.2, 0.25) is 0 Å². The third-order valence-corrected chi connectivity index (χ3v) is 7.01. The molecule has 5 nitrogen and oxygen atoms in total. The second-order valence-corrected chi connectivity index (χ2v) is 10.6. The van der Waals surface area contributed by atoms with Gasteiger partial charge in [-0.1, -0.05) is 38.5 Å². The summed E-state index contributed by atoms with van der Waals surface area (Å²) in [4.78, 5) is 2.10. The van der Waals surface area contributed by atoms with Crippen molar-refractivity contribution in [2.45, 2.75) is 77.1 Å². The second kappa shape index (κ2) is 8.54. The van der Waals surface area contributed by atoms with Gasteiger partial charge in [0.2, 0.25) is 0 Å². The molecule has 0 aromatic heterocycles. The molecule has 3 rings (SSSR count). The normalized spacial score (nSPS) is 34.2. The molecule has 0 bridgehead atoms. The summed E-state index contributed by atoms with van der Waals surface area (Å²) < 4.78 is 5.79. The van der Waals surface area contributed by atoms with Crippen LogP contribution >= 0.6 is 0 Å². The summed E-state index contributed by atoms with van der Waals surface area (Å²) in [6, 6.07) is 7.68. The number of hydrogen-bond acceptors (Lipinski definition) is 5. The van der Waals surface area contributed by atoms with Gasteiger partial charge in [-0.3, -0.25) is 4.90 Å². The quantitative estimate of drug-likeness (QED) is 0.702. The first-order valence-corrected chi connectivity index (χ1v) is 11.0. The highest BCUT2D eigenvalue weighted by atomic mass is 16.5. The molecule has 1 aliphatic heterocycles. The summed E-state index contributed by atoms with van der Waals surface area (Å²) in [5, 5.41) is 32.7. The van der Waals surface area contributed by atoms with Gasteiger partial charge in [0.25, 0.3) is 0 Å². The Bertz CT molecular complexity index is 660. The first kappa shape index (κ1) is 22.5. The molecule has 1 aromatic rings. The van der Waals surface area contributed by atoms with Gasteiger partial charge < -0.3 is 20.1 Å². The number of rotatable bonds is 5. The van der Waals surface area contributed by atoms with Crippen molar-refractivity contribution in [1.82, 2.24) is 4.90 Å². The lowest BCUT2D eigenvalue weighted by atomic mass is 9.68. The Morgan fingerprint density at radius 3 is 2.28 bits per heavy atom. The minimum Gasteiger partial charge on any atom is -0.490 e. The molecule has 1 heterocycles. The molecule has 0 amide bonds. The van der Waals surface area contributed by atoms with E-state index in [2.05, 4.69) is 25.7 Å². The molecular formula is C24H39NO4. The van der Waals surface area contributed by atoms with Gasteiger partial charge in [-0.2, -0.15) is 0 Å². The van der Waals surface area contributed by atoms with Gasteiger partial charge >= 0.3 is 0 Å². The molecule has 2 aliphatic rings. The number of likely N-dealkylation sites (tertiary alicyclic amines) is 1. The minimum atomic E-state index is -1.33. The van der Waals surface area contributed by atoms with Gasteiger partial charge in [-0.25, -0.2) is 0 Å². The molecule has 2 atom stereocenters. The highest BCUT2D eigenvalue weighted by Gasteiger charge is 2.45. The van der Waals surface area contributed by atoms with Crippen molar-refractivity contribution in [1.29, 1.82) is 0 Å². The lowest BCUT2D eigenvalue weighted by molar-refractivity contribution is -0.151. The molecule has 164 valence electrons.